The zero-order valence-corrected chi connectivity index (χ0v) is 13.8. The van der Waals surface area contributed by atoms with Gasteiger partial charge in [0.05, 0.1) is 12.0 Å². The maximum absolute atomic E-state index is 5.93. The average molecular weight is 342 g/mol. The minimum absolute atomic E-state index is 0.710. The van der Waals surface area contributed by atoms with E-state index >= 15 is 0 Å². The smallest absolute Gasteiger partial charge is 0.213 e. The zero-order chi connectivity index (χ0) is 15.8. The van der Waals surface area contributed by atoms with Crippen molar-refractivity contribution in [3.63, 3.8) is 0 Å². The number of hydrogen-bond acceptors (Lipinski definition) is 4. The summed E-state index contributed by atoms with van der Waals surface area (Å²) in [5.41, 5.74) is 2.08. The Labute approximate surface area is 141 Å². The van der Waals surface area contributed by atoms with E-state index in [1.165, 1.54) is 0 Å². The van der Waals surface area contributed by atoms with E-state index in [1.807, 2.05) is 59.2 Å². The fraction of sp³-hybridized carbons (Fsp3) is 0.0588. The van der Waals surface area contributed by atoms with Crippen LogP contribution in [0.25, 0.3) is 26.8 Å². The summed E-state index contributed by atoms with van der Waals surface area (Å²) in [5.74, 6) is 1.53. The number of benzene rings is 2. The van der Waals surface area contributed by atoms with Crippen LogP contribution in [0.15, 0.2) is 54.7 Å². The number of rotatable bonds is 3. The first kappa shape index (κ1) is 14.2. The average Bonchev–Trinajstić information content (AvgIpc) is 3.14. The minimum Gasteiger partial charge on any atom is -0.497 e. The fourth-order valence-electron chi connectivity index (χ4n) is 2.31. The van der Waals surface area contributed by atoms with Crippen molar-refractivity contribution in [1.82, 2.24) is 14.6 Å². The maximum Gasteiger partial charge on any atom is 0.213 e. The van der Waals surface area contributed by atoms with Gasteiger partial charge in [-0.25, -0.2) is 4.52 Å². The number of aromatic nitrogens is 3. The first-order valence-corrected chi connectivity index (χ1v) is 8.19. The van der Waals surface area contributed by atoms with Crippen molar-refractivity contribution in [3.05, 3.63) is 59.8 Å². The second-order valence-electron chi connectivity index (χ2n) is 4.99. The number of fused-ring (bicyclic) bond motifs is 1. The lowest BCUT2D eigenvalue weighted by atomic mass is 10.2. The van der Waals surface area contributed by atoms with E-state index in [1.54, 1.807) is 18.4 Å². The molecule has 4 aromatic rings. The number of hydrogen-bond donors (Lipinski definition) is 0. The van der Waals surface area contributed by atoms with Gasteiger partial charge >= 0.3 is 0 Å². The van der Waals surface area contributed by atoms with Crippen LogP contribution in [0.3, 0.4) is 0 Å². The minimum atomic E-state index is 0.710. The molecule has 0 fully saturated rings. The van der Waals surface area contributed by atoms with Gasteiger partial charge in [0.25, 0.3) is 0 Å². The zero-order valence-electron chi connectivity index (χ0n) is 12.2. The van der Waals surface area contributed by atoms with E-state index in [0.717, 1.165) is 31.7 Å². The van der Waals surface area contributed by atoms with Crippen molar-refractivity contribution in [2.24, 2.45) is 0 Å². The highest BCUT2D eigenvalue weighted by molar-refractivity contribution is 7.20. The van der Waals surface area contributed by atoms with Gasteiger partial charge in [-0.3, -0.25) is 0 Å². The third-order valence-corrected chi connectivity index (χ3v) is 4.79. The van der Waals surface area contributed by atoms with Gasteiger partial charge in [0.2, 0.25) is 4.96 Å². The standard InChI is InChI=1S/C17H12ClN3OS/c1-22-14-8-4-12(5-9-14)16-19-17-21(20-16)10-15(23-17)11-2-6-13(18)7-3-11/h2-10H,1H3. The fourth-order valence-corrected chi connectivity index (χ4v) is 3.36. The molecule has 23 heavy (non-hydrogen) atoms. The number of nitrogens with zero attached hydrogens (tertiary/aromatic N) is 3. The largest absolute Gasteiger partial charge is 0.497 e. The van der Waals surface area contributed by atoms with E-state index in [9.17, 15) is 0 Å². The van der Waals surface area contributed by atoms with Crippen LogP contribution in [0, 0.1) is 0 Å². The van der Waals surface area contributed by atoms with Crippen LogP contribution in [-0.2, 0) is 0 Å². The molecule has 0 aliphatic heterocycles. The van der Waals surface area contributed by atoms with Crippen molar-refractivity contribution >= 4 is 27.9 Å². The van der Waals surface area contributed by atoms with Crippen molar-refractivity contribution in [2.45, 2.75) is 0 Å². The Balaban J connectivity index is 1.69. The predicted octanol–water partition coefficient (Wildman–Crippen LogP) is 4.79. The summed E-state index contributed by atoms with van der Waals surface area (Å²) in [6, 6.07) is 15.5. The van der Waals surface area contributed by atoms with Crippen LogP contribution >= 0.6 is 22.9 Å². The summed E-state index contributed by atoms with van der Waals surface area (Å²) in [6.07, 6.45) is 1.99. The molecule has 0 atom stereocenters. The monoisotopic (exact) mass is 341 g/mol. The Morgan fingerprint density at radius 2 is 1.70 bits per heavy atom. The van der Waals surface area contributed by atoms with Crippen LogP contribution in [0.1, 0.15) is 0 Å². The first-order chi connectivity index (χ1) is 11.2. The molecule has 2 aromatic carbocycles. The third-order valence-electron chi connectivity index (χ3n) is 3.52. The summed E-state index contributed by atoms with van der Waals surface area (Å²) >= 11 is 7.53. The molecule has 0 saturated carbocycles. The lowest BCUT2D eigenvalue weighted by molar-refractivity contribution is 0.415. The highest BCUT2D eigenvalue weighted by Gasteiger charge is 2.11. The normalized spacial score (nSPS) is 11.0. The van der Waals surface area contributed by atoms with Gasteiger partial charge in [0.1, 0.15) is 5.75 Å². The molecule has 4 rings (SSSR count). The van der Waals surface area contributed by atoms with Gasteiger partial charge < -0.3 is 4.74 Å². The highest BCUT2D eigenvalue weighted by Crippen LogP contribution is 2.30. The van der Waals surface area contributed by atoms with Gasteiger partial charge in [-0.05, 0) is 42.0 Å². The summed E-state index contributed by atoms with van der Waals surface area (Å²) in [7, 11) is 1.65. The summed E-state index contributed by atoms with van der Waals surface area (Å²) in [4.78, 5) is 6.58. The second-order valence-corrected chi connectivity index (χ2v) is 6.44. The molecule has 0 amide bonds. The Kier molecular flexibility index (Phi) is 3.52. The predicted molar refractivity (Wildman–Crippen MR) is 93.3 cm³/mol. The van der Waals surface area contributed by atoms with Crippen LogP contribution in [0.4, 0.5) is 0 Å². The Morgan fingerprint density at radius 1 is 1.00 bits per heavy atom. The molecule has 0 unspecified atom stereocenters. The molecule has 2 heterocycles. The van der Waals surface area contributed by atoms with Crippen LogP contribution in [0.5, 0.6) is 5.75 Å². The molecule has 0 aliphatic carbocycles. The van der Waals surface area contributed by atoms with Crippen LogP contribution in [-0.4, -0.2) is 21.7 Å². The van der Waals surface area contributed by atoms with Crippen molar-refractivity contribution in [3.8, 4) is 27.6 Å². The van der Waals surface area contributed by atoms with Crippen molar-refractivity contribution in [2.75, 3.05) is 7.11 Å². The molecule has 114 valence electrons. The molecule has 0 aliphatic rings. The molecule has 4 nitrogen and oxygen atoms in total. The Morgan fingerprint density at radius 3 is 2.35 bits per heavy atom. The number of thiazole rings is 1. The lowest BCUT2D eigenvalue weighted by Gasteiger charge is -1.99. The Hall–Kier alpha value is -2.37. The maximum atomic E-state index is 5.93. The SMILES string of the molecule is COc1ccc(-c2nc3sc(-c4ccc(Cl)cc4)cn3n2)cc1. The topological polar surface area (TPSA) is 39.4 Å². The highest BCUT2D eigenvalue weighted by atomic mass is 35.5. The molecule has 0 radical (unpaired) electrons. The van der Waals surface area contributed by atoms with Gasteiger partial charge in [0.15, 0.2) is 5.82 Å². The number of methoxy groups -OCH3 is 1. The second kappa shape index (κ2) is 5.68. The number of halogens is 1. The summed E-state index contributed by atoms with van der Waals surface area (Å²) in [6.45, 7) is 0. The number of ether oxygens (including phenoxy) is 1. The lowest BCUT2D eigenvalue weighted by Crippen LogP contribution is -1.85. The quantitative estimate of drug-likeness (QED) is 0.538. The van der Waals surface area contributed by atoms with Crippen molar-refractivity contribution in [1.29, 1.82) is 0 Å². The van der Waals surface area contributed by atoms with E-state index < -0.39 is 0 Å². The molecule has 6 heteroatoms. The van der Waals surface area contributed by atoms with Crippen molar-refractivity contribution < 1.29 is 4.74 Å². The van der Waals surface area contributed by atoms with Crippen LogP contribution in [0.2, 0.25) is 5.02 Å². The molecular formula is C17H12ClN3OS. The summed E-state index contributed by atoms with van der Waals surface area (Å²) < 4.78 is 6.98. The molecule has 0 spiro atoms. The van der Waals surface area contributed by atoms with E-state index in [4.69, 9.17) is 16.3 Å². The van der Waals surface area contributed by atoms with Gasteiger partial charge in [0, 0.05) is 16.8 Å². The molecule has 2 aromatic heterocycles. The van der Waals surface area contributed by atoms with E-state index in [0.29, 0.717) is 5.82 Å². The van der Waals surface area contributed by atoms with E-state index in [-0.39, 0.29) is 0 Å². The Bertz CT molecular complexity index is 926. The van der Waals surface area contributed by atoms with Gasteiger partial charge in [-0.15, -0.1) is 5.10 Å². The summed E-state index contributed by atoms with van der Waals surface area (Å²) in [5, 5.41) is 5.28. The first-order valence-electron chi connectivity index (χ1n) is 6.99. The molecule has 0 saturated heterocycles. The third kappa shape index (κ3) is 2.69. The van der Waals surface area contributed by atoms with Crippen LogP contribution < -0.4 is 4.74 Å². The molecule has 0 N–H and O–H groups in total. The van der Waals surface area contributed by atoms with Gasteiger partial charge in [-0.2, -0.15) is 4.98 Å². The van der Waals surface area contributed by atoms with Gasteiger partial charge in [-0.1, -0.05) is 35.1 Å². The molecular weight excluding hydrogens is 330 g/mol. The molecule has 0 bridgehead atoms. The van der Waals surface area contributed by atoms with E-state index in [2.05, 4.69) is 10.1 Å².